The van der Waals surface area contributed by atoms with Crippen LogP contribution in [0.1, 0.15) is 5.76 Å². The predicted molar refractivity (Wildman–Crippen MR) is 119 cm³/mol. The van der Waals surface area contributed by atoms with Crippen LogP contribution in [0.2, 0.25) is 10.0 Å². The van der Waals surface area contributed by atoms with Gasteiger partial charge in [0.15, 0.2) is 5.58 Å². The Morgan fingerprint density at radius 3 is 2.73 bits per heavy atom. The maximum Gasteiger partial charge on any atom is 0.228 e. The fourth-order valence-electron chi connectivity index (χ4n) is 3.00. The lowest BCUT2D eigenvalue weighted by atomic mass is 10.2. The van der Waals surface area contributed by atoms with Crippen molar-refractivity contribution in [3.8, 4) is 22.8 Å². The van der Waals surface area contributed by atoms with Crippen LogP contribution in [0.4, 0.5) is 5.69 Å². The number of fused-ring (bicyclic) bond motifs is 1. The van der Waals surface area contributed by atoms with Crippen LogP contribution in [0.3, 0.4) is 0 Å². The molecule has 2 aromatic carbocycles. The summed E-state index contributed by atoms with van der Waals surface area (Å²) in [6.45, 7) is 0. The van der Waals surface area contributed by atoms with Crippen LogP contribution in [-0.4, -0.2) is 16.2 Å². The Hall–Kier alpha value is -3.41. The van der Waals surface area contributed by atoms with Crippen molar-refractivity contribution in [1.82, 2.24) is 9.97 Å². The van der Waals surface area contributed by atoms with Gasteiger partial charge in [0, 0.05) is 23.0 Å². The molecule has 5 aromatic rings. The molecule has 0 saturated heterocycles. The number of hydrogen-bond donors (Lipinski definition) is 0. The minimum absolute atomic E-state index is 0.522. The van der Waals surface area contributed by atoms with E-state index in [2.05, 4.69) is 15.0 Å². The van der Waals surface area contributed by atoms with Crippen LogP contribution in [0.15, 0.2) is 86.9 Å². The van der Waals surface area contributed by atoms with E-state index in [0.717, 1.165) is 16.8 Å². The summed E-state index contributed by atoms with van der Waals surface area (Å²) in [6, 6.07) is 18.2. The predicted octanol–water partition coefficient (Wildman–Crippen LogP) is 7.21. The Morgan fingerprint density at radius 1 is 0.933 bits per heavy atom. The average molecular weight is 434 g/mol. The van der Waals surface area contributed by atoms with Gasteiger partial charge in [-0.05, 0) is 60.7 Å². The summed E-state index contributed by atoms with van der Waals surface area (Å²) >= 11 is 12.3. The summed E-state index contributed by atoms with van der Waals surface area (Å²) in [4.78, 5) is 13.1. The van der Waals surface area contributed by atoms with E-state index in [1.54, 1.807) is 36.8 Å². The monoisotopic (exact) mass is 433 g/mol. The first kappa shape index (κ1) is 18.6. The number of halogens is 2. The molecule has 0 saturated carbocycles. The minimum atomic E-state index is 0.522. The van der Waals surface area contributed by atoms with Crippen LogP contribution >= 0.6 is 23.2 Å². The van der Waals surface area contributed by atoms with Crippen molar-refractivity contribution in [2.75, 3.05) is 0 Å². The van der Waals surface area contributed by atoms with Gasteiger partial charge in [-0.2, -0.15) is 0 Å². The van der Waals surface area contributed by atoms with Gasteiger partial charge in [0.05, 0.1) is 22.5 Å². The molecule has 0 radical (unpaired) electrons. The van der Waals surface area contributed by atoms with E-state index in [9.17, 15) is 0 Å². The fourth-order valence-corrected chi connectivity index (χ4v) is 3.38. The zero-order valence-electron chi connectivity index (χ0n) is 15.4. The molecular formula is C23H13Cl2N3O2. The Bertz CT molecular complexity index is 1370. The van der Waals surface area contributed by atoms with E-state index in [-0.39, 0.29) is 0 Å². The van der Waals surface area contributed by atoms with Gasteiger partial charge in [-0.25, -0.2) is 4.98 Å². The second-order valence-corrected chi connectivity index (χ2v) is 7.34. The quantitative estimate of drug-likeness (QED) is 0.281. The Morgan fingerprint density at radius 2 is 1.87 bits per heavy atom. The number of nitrogens with zero attached hydrogens (tertiary/aromatic N) is 3. The molecule has 5 rings (SSSR count). The number of furan rings is 1. The highest BCUT2D eigenvalue weighted by Gasteiger charge is 2.10. The summed E-state index contributed by atoms with van der Waals surface area (Å²) in [7, 11) is 0. The molecular weight excluding hydrogens is 421 g/mol. The third-order valence-electron chi connectivity index (χ3n) is 4.44. The van der Waals surface area contributed by atoms with Gasteiger partial charge in [-0.15, -0.1) is 0 Å². The van der Waals surface area contributed by atoms with E-state index >= 15 is 0 Å². The first-order valence-corrected chi connectivity index (χ1v) is 9.82. The van der Waals surface area contributed by atoms with Gasteiger partial charge in [0.25, 0.3) is 0 Å². The molecule has 0 atom stereocenters. The zero-order chi connectivity index (χ0) is 20.5. The van der Waals surface area contributed by atoms with Crippen molar-refractivity contribution in [1.29, 1.82) is 0 Å². The van der Waals surface area contributed by atoms with Gasteiger partial charge >= 0.3 is 0 Å². The normalized spacial score (nSPS) is 11.5. The van der Waals surface area contributed by atoms with Gasteiger partial charge in [-0.3, -0.25) is 9.98 Å². The number of benzene rings is 2. The fraction of sp³-hybridized carbons (Fsp3) is 0. The third-order valence-corrected chi connectivity index (χ3v) is 5.01. The molecule has 0 fully saturated rings. The standard InChI is InChI=1S/C23H13Cl2N3O2/c24-15-3-6-19(25)18(10-15)21-8-5-17(29-21)13-27-16-4-7-22-20(11-16)28-23(30-22)14-2-1-9-26-12-14/h1-13H. The van der Waals surface area contributed by atoms with E-state index in [1.165, 1.54) is 0 Å². The van der Waals surface area contributed by atoms with Gasteiger partial charge < -0.3 is 8.83 Å². The number of oxazole rings is 1. The second-order valence-electron chi connectivity index (χ2n) is 6.50. The molecule has 0 unspecified atom stereocenters. The molecule has 0 aliphatic carbocycles. The largest absolute Gasteiger partial charge is 0.455 e. The number of aliphatic imine (C=N–C) groups is 1. The van der Waals surface area contributed by atoms with Crippen molar-refractivity contribution in [2.45, 2.75) is 0 Å². The first-order chi connectivity index (χ1) is 14.7. The molecule has 5 nitrogen and oxygen atoms in total. The summed E-state index contributed by atoms with van der Waals surface area (Å²) < 4.78 is 11.6. The molecule has 146 valence electrons. The Balaban J connectivity index is 1.40. The number of rotatable bonds is 4. The Kier molecular flexibility index (Phi) is 4.83. The number of hydrogen-bond acceptors (Lipinski definition) is 5. The molecule has 3 heterocycles. The van der Waals surface area contributed by atoms with Crippen LogP contribution in [-0.2, 0) is 0 Å². The van der Waals surface area contributed by atoms with Gasteiger partial charge in [0.1, 0.15) is 17.0 Å². The Labute approximate surface area is 181 Å². The zero-order valence-corrected chi connectivity index (χ0v) is 16.9. The van der Waals surface area contributed by atoms with Crippen LogP contribution in [0.25, 0.3) is 33.9 Å². The highest BCUT2D eigenvalue weighted by molar-refractivity contribution is 6.35. The second kappa shape index (κ2) is 7.78. The molecule has 0 amide bonds. The van der Waals surface area contributed by atoms with E-state index in [0.29, 0.717) is 38.6 Å². The third kappa shape index (κ3) is 3.73. The lowest BCUT2D eigenvalue weighted by molar-refractivity contribution is 0.575. The highest BCUT2D eigenvalue weighted by Crippen LogP contribution is 2.32. The maximum absolute atomic E-state index is 6.24. The topological polar surface area (TPSA) is 64.4 Å². The van der Waals surface area contributed by atoms with Crippen LogP contribution < -0.4 is 0 Å². The van der Waals surface area contributed by atoms with Gasteiger partial charge in [0.2, 0.25) is 5.89 Å². The van der Waals surface area contributed by atoms with Crippen molar-refractivity contribution in [3.63, 3.8) is 0 Å². The summed E-state index contributed by atoms with van der Waals surface area (Å²) in [5.74, 6) is 1.74. The van der Waals surface area contributed by atoms with Crippen LogP contribution in [0.5, 0.6) is 0 Å². The van der Waals surface area contributed by atoms with E-state index in [4.69, 9.17) is 32.0 Å². The smallest absolute Gasteiger partial charge is 0.228 e. The number of aromatic nitrogens is 2. The molecule has 7 heteroatoms. The molecule has 0 aliphatic heterocycles. The molecule has 0 aliphatic rings. The van der Waals surface area contributed by atoms with E-state index < -0.39 is 0 Å². The molecule has 0 bridgehead atoms. The average Bonchev–Trinajstić information content (AvgIpc) is 3.41. The summed E-state index contributed by atoms with van der Waals surface area (Å²) in [6.07, 6.45) is 5.06. The van der Waals surface area contributed by atoms with Gasteiger partial charge in [-0.1, -0.05) is 23.2 Å². The van der Waals surface area contributed by atoms with Crippen LogP contribution in [0, 0.1) is 0 Å². The molecule has 30 heavy (non-hydrogen) atoms. The van der Waals surface area contributed by atoms with E-state index in [1.807, 2.05) is 42.5 Å². The molecule has 0 N–H and O–H groups in total. The van der Waals surface area contributed by atoms with Crippen molar-refractivity contribution in [3.05, 3.63) is 88.9 Å². The van der Waals surface area contributed by atoms with Crippen molar-refractivity contribution in [2.24, 2.45) is 4.99 Å². The van der Waals surface area contributed by atoms with Crippen molar-refractivity contribution < 1.29 is 8.83 Å². The van der Waals surface area contributed by atoms with Crippen molar-refractivity contribution >= 4 is 46.2 Å². The molecule has 3 aromatic heterocycles. The summed E-state index contributed by atoms with van der Waals surface area (Å²) in [5, 5.41) is 1.16. The highest BCUT2D eigenvalue weighted by atomic mass is 35.5. The molecule has 0 spiro atoms. The lowest BCUT2D eigenvalue weighted by Gasteiger charge is -2.00. The maximum atomic E-state index is 6.24. The first-order valence-electron chi connectivity index (χ1n) is 9.06. The SMILES string of the molecule is Clc1ccc(Cl)c(-c2ccc(C=Nc3ccc4oc(-c5cccnc5)nc4c3)o2)c1. The minimum Gasteiger partial charge on any atom is -0.455 e. The lowest BCUT2D eigenvalue weighted by Crippen LogP contribution is -1.78. The summed E-state index contributed by atoms with van der Waals surface area (Å²) in [5.41, 5.74) is 3.68. The number of pyridine rings is 1.